The maximum atomic E-state index is 12.8. The summed E-state index contributed by atoms with van der Waals surface area (Å²) in [5.74, 6) is -2.02. The average Bonchev–Trinajstić information content (AvgIpc) is 2.34. The van der Waals surface area contributed by atoms with E-state index in [2.05, 4.69) is 0 Å². The zero-order valence-electron chi connectivity index (χ0n) is 10.6. The molecule has 0 unspecified atom stereocenters. The van der Waals surface area contributed by atoms with E-state index >= 15 is 0 Å². The highest BCUT2D eigenvalue weighted by Gasteiger charge is 2.46. The third kappa shape index (κ3) is 3.15. The lowest BCUT2D eigenvalue weighted by Gasteiger charge is -2.18. The molecule has 2 rings (SSSR count). The summed E-state index contributed by atoms with van der Waals surface area (Å²) >= 11 is 0. The normalized spacial score (nSPS) is 13.6. The van der Waals surface area contributed by atoms with E-state index in [1.165, 1.54) is 0 Å². The van der Waals surface area contributed by atoms with Crippen LogP contribution in [0, 0.1) is 0 Å². The SMILES string of the molecule is [O]c1c(C(F)(F)F)c(C(F)(F)F)cc2cc(C(F)(F)F)ccc12. The highest BCUT2D eigenvalue weighted by atomic mass is 19.4. The van der Waals surface area contributed by atoms with Crippen LogP contribution in [0.3, 0.4) is 0 Å². The van der Waals surface area contributed by atoms with E-state index in [1.807, 2.05) is 0 Å². The summed E-state index contributed by atoms with van der Waals surface area (Å²) in [6.07, 6.45) is -16.1. The molecule has 0 heterocycles. The van der Waals surface area contributed by atoms with Gasteiger partial charge in [-0.25, -0.2) is 0 Å². The van der Waals surface area contributed by atoms with Gasteiger partial charge < -0.3 is 0 Å². The standard InChI is InChI=1S/C13H4F9O/c14-11(15,16)6-1-2-7-5(3-6)4-8(12(17,18)19)9(10(7)23)13(20,21)22/h1-4H. The fourth-order valence-electron chi connectivity index (χ4n) is 2.05. The molecule has 125 valence electrons. The van der Waals surface area contributed by atoms with Gasteiger partial charge >= 0.3 is 18.5 Å². The van der Waals surface area contributed by atoms with Crippen molar-refractivity contribution >= 4 is 10.8 Å². The first-order chi connectivity index (χ1) is 10.2. The minimum absolute atomic E-state index is 0.102. The molecule has 0 fully saturated rings. The largest absolute Gasteiger partial charge is 0.420 e. The van der Waals surface area contributed by atoms with Gasteiger partial charge in [0.25, 0.3) is 0 Å². The van der Waals surface area contributed by atoms with Gasteiger partial charge in [0.15, 0.2) is 5.75 Å². The van der Waals surface area contributed by atoms with Gasteiger partial charge in [-0.05, 0) is 29.7 Å². The Kier molecular flexibility index (Phi) is 3.70. The molecule has 0 aromatic heterocycles. The molecule has 0 saturated carbocycles. The lowest BCUT2D eigenvalue weighted by molar-refractivity contribution is -0.163. The van der Waals surface area contributed by atoms with Crippen LogP contribution >= 0.6 is 0 Å². The van der Waals surface area contributed by atoms with Crippen LogP contribution < -0.4 is 0 Å². The molecule has 0 aliphatic carbocycles. The molecule has 0 atom stereocenters. The minimum atomic E-state index is -5.60. The zero-order valence-corrected chi connectivity index (χ0v) is 10.6. The van der Waals surface area contributed by atoms with Crippen molar-refractivity contribution in [3.8, 4) is 5.75 Å². The molecule has 23 heavy (non-hydrogen) atoms. The topological polar surface area (TPSA) is 19.9 Å². The molecule has 2 aromatic rings. The smallest absolute Gasteiger partial charge is 0.289 e. The van der Waals surface area contributed by atoms with Gasteiger partial charge in [-0.3, -0.25) is 5.11 Å². The van der Waals surface area contributed by atoms with Gasteiger partial charge in [0.05, 0.1) is 11.1 Å². The fraction of sp³-hybridized carbons (Fsp3) is 0.231. The molecule has 10 heteroatoms. The predicted octanol–water partition coefficient (Wildman–Crippen LogP) is 6.04. The monoisotopic (exact) mass is 347 g/mol. The molecular formula is C13H4F9O. The lowest BCUT2D eigenvalue weighted by Crippen LogP contribution is -2.17. The molecule has 0 aliphatic heterocycles. The Morgan fingerprint density at radius 3 is 1.70 bits per heavy atom. The van der Waals surface area contributed by atoms with E-state index < -0.39 is 51.7 Å². The molecular weight excluding hydrogens is 343 g/mol. The van der Waals surface area contributed by atoms with Crippen molar-refractivity contribution in [1.29, 1.82) is 0 Å². The quantitative estimate of drug-likeness (QED) is 0.518. The number of rotatable bonds is 0. The van der Waals surface area contributed by atoms with Crippen LogP contribution in [0.4, 0.5) is 39.5 Å². The first-order valence-electron chi connectivity index (χ1n) is 5.72. The average molecular weight is 347 g/mol. The van der Waals surface area contributed by atoms with Crippen molar-refractivity contribution in [3.05, 3.63) is 41.0 Å². The molecule has 0 amide bonds. The van der Waals surface area contributed by atoms with Crippen LogP contribution in [0.1, 0.15) is 16.7 Å². The summed E-state index contributed by atoms with van der Waals surface area (Å²) in [5.41, 5.74) is -6.14. The molecule has 0 aliphatic rings. The summed E-state index contributed by atoms with van der Waals surface area (Å²) in [6, 6.07) is 0.855. The number of fused-ring (bicyclic) bond motifs is 1. The Morgan fingerprint density at radius 1 is 0.696 bits per heavy atom. The number of halogens is 9. The molecule has 0 bridgehead atoms. The molecule has 2 aromatic carbocycles. The number of hydrogen-bond donors (Lipinski definition) is 0. The minimum Gasteiger partial charge on any atom is -0.289 e. The summed E-state index contributed by atoms with van der Waals surface area (Å²) in [4.78, 5) is 0. The summed E-state index contributed by atoms with van der Waals surface area (Å²) in [6.45, 7) is 0. The Hall–Kier alpha value is -2.13. The second-order valence-electron chi connectivity index (χ2n) is 4.56. The second kappa shape index (κ2) is 4.93. The van der Waals surface area contributed by atoms with E-state index in [4.69, 9.17) is 0 Å². The third-order valence-electron chi connectivity index (χ3n) is 3.01. The molecule has 0 N–H and O–H groups in total. The summed E-state index contributed by atoms with van der Waals surface area (Å²) in [7, 11) is 0. The molecule has 1 nitrogen and oxygen atoms in total. The Morgan fingerprint density at radius 2 is 1.26 bits per heavy atom. The van der Waals surface area contributed by atoms with Crippen LogP contribution in [-0.2, 0) is 23.6 Å². The van der Waals surface area contributed by atoms with Crippen LogP contribution in [0.15, 0.2) is 24.3 Å². The van der Waals surface area contributed by atoms with Gasteiger partial charge in [-0.15, -0.1) is 0 Å². The van der Waals surface area contributed by atoms with Crippen molar-refractivity contribution in [2.45, 2.75) is 18.5 Å². The molecule has 0 spiro atoms. The van der Waals surface area contributed by atoms with Crippen molar-refractivity contribution in [2.24, 2.45) is 0 Å². The second-order valence-corrected chi connectivity index (χ2v) is 4.56. The van der Waals surface area contributed by atoms with Gasteiger partial charge in [-0.1, -0.05) is 0 Å². The number of benzene rings is 2. The van der Waals surface area contributed by atoms with Crippen molar-refractivity contribution in [3.63, 3.8) is 0 Å². The maximum Gasteiger partial charge on any atom is 0.420 e. The van der Waals surface area contributed by atoms with Crippen LogP contribution in [-0.4, -0.2) is 0 Å². The zero-order chi connectivity index (χ0) is 17.8. The summed E-state index contributed by atoms with van der Waals surface area (Å²) in [5, 5.41) is 9.96. The number of hydrogen-bond acceptors (Lipinski definition) is 0. The Bertz CT molecular complexity index is 753. The lowest BCUT2D eigenvalue weighted by atomic mass is 9.97. The molecule has 1 radical (unpaired) electrons. The van der Waals surface area contributed by atoms with Crippen molar-refractivity contribution in [2.75, 3.05) is 0 Å². The Balaban J connectivity index is 2.90. The van der Waals surface area contributed by atoms with Crippen LogP contribution in [0.5, 0.6) is 5.75 Å². The van der Waals surface area contributed by atoms with E-state index in [1.54, 1.807) is 0 Å². The Labute approximate surface area is 121 Å². The van der Waals surface area contributed by atoms with Crippen LogP contribution in [0.2, 0.25) is 0 Å². The van der Waals surface area contributed by atoms with Gasteiger partial charge in [0, 0.05) is 5.39 Å². The van der Waals surface area contributed by atoms with E-state index in [0.29, 0.717) is 12.1 Å². The van der Waals surface area contributed by atoms with Crippen molar-refractivity contribution in [1.82, 2.24) is 0 Å². The van der Waals surface area contributed by atoms with Crippen molar-refractivity contribution < 1.29 is 44.6 Å². The maximum absolute atomic E-state index is 12.8. The highest BCUT2D eigenvalue weighted by molar-refractivity contribution is 5.91. The fourth-order valence-corrected chi connectivity index (χ4v) is 2.05. The first-order valence-corrected chi connectivity index (χ1v) is 5.72. The number of alkyl halides is 9. The van der Waals surface area contributed by atoms with Gasteiger partial charge in [-0.2, -0.15) is 39.5 Å². The van der Waals surface area contributed by atoms with E-state index in [-0.39, 0.29) is 12.1 Å². The third-order valence-corrected chi connectivity index (χ3v) is 3.01. The predicted molar refractivity (Wildman–Crippen MR) is 59.1 cm³/mol. The summed E-state index contributed by atoms with van der Waals surface area (Å²) < 4.78 is 114. The highest BCUT2D eigenvalue weighted by Crippen LogP contribution is 2.48. The van der Waals surface area contributed by atoms with E-state index in [0.717, 1.165) is 0 Å². The van der Waals surface area contributed by atoms with Gasteiger partial charge in [0.2, 0.25) is 0 Å². The van der Waals surface area contributed by atoms with E-state index in [9.17, 15) is 44.6 Å². The first kappa shape index (κ1) is 17.2. The van der Waals surface area contributed by atoms with Gasteiger partial charge in [0.1, 0.15) is 5.56 Å². The van der Waals surface area contributed by atoms with Crippen LogP contribution in [0.25, 0.3) is 10.8 Å². The molecule has 0 saturated heterocycles.